The average molecular weight is 228 g/mol. The van der Waals surface area contributed by atoms with Gasteiger partial charge in [0, 0.05) is 13.0 Å². The van der Waals surface area contributed by atoms with Gasteiger partial charge in [0.2, 0.25) is 0 Å². The molecular formula is C12H20O4. The number of aliphatic hydroxyl groups is 1. The van der Waals surface area contributed by atoms with Crippen LogP contribution >= 0.6 is 0 Å². The first-order chi connectivity index (χ1) is 7.50. The van der Waals surface area contributed by atoms with Crippen LogP contribution in [-0.4, -0.2) is 35.0 Å². The van der Waals surface area contributed by atoms with Gasteiger partial charge in [-0.2, -0.15) is 0 Å². The normalized spacial score (nSPS) is 44.5. The molecule has 0 amide bonds. The van der Waals surface area contributed by atoms with E-state index >= 15 is 0 Å². The highest BCUT2D eigenvalue weighted by Gasteiger charge is 2.58. The van der Waals surface area contributed by atoms with E-state index in [9.17, 15) is 15.0 Å². The molecule has 2 N–H and O–H groups in total. The van der Waals surface area contributed by atoms with Gasteiger partial charge in [-0.1, -0.05) is 19.8 Å². The van der Waals surface area contributed by atoms with E-state index in [0.717, 1.165) is 12.8 Å². The maximum atomic E-state index is 11.6. The van der Waals surface area contributed by atoms with E-state index in [-0.39, 0.29) is 6.61 Å². The highest BCUT2D eigenvalue weighted by Crippen LogP contribution is 2.50. The largest absolute Gasteiger partial charge is 0.481 e. The van der Waals surface area contributed by atoms with Gasteiger partial charge in [0.05, 0.1) is 12.0 Å². The van der Waals surface area contributed by atoms with Gasteiger partial charge >= 0.3 is 5.97 Å². The first kappa shape index (κ1) is 11.9. The lowest BCUT2D eigenvalue weighted by atomic mass is 9.60. The fourth-order valence-electron chi connectivity index (χ4n) is 3.30. The number of carboxylic acids is 1. The number of rotatable bonds is 2. The van der Waals surface area contributed by atoms with Gasteiger partial charge in [0.25, 0.3) is 0 Å². The lowest BCUT2D eigenvalue weighted by molar-refractivity contribution is -0.177. The third-order valence-corrected chi connectivity index (χ3v) is 4.30. The summed E-state index contributed by atoms with van der Waals surface area (Å²) < 4.78 is 5.21. The van der Waals surface area contributed by atoms with Crippen LogP contribution in [0.1, 0.15) is 39.0 Å². The average Bonchev–Trinajstić information content (AvgIpc) is 2.66. The Bertz CT molecular complexity index is 283. The van der Waals surface area contributed by atoms with Crippen molar-refractivity contribution in [3.8, 4) is 0 Å². The lowest BCUT2D eigenvalue weighted by Crippen LogP contribution is -2.55. The molecule has 0 aromatic carbocycles. The summed E-state index contributed by atoms with van der Waals surface area (Å²) in [6, 6.07) is 0. The number of aliphatic carboxylic acids is 1. The van der Waals surface area contributed by atoms with Gasteiger partial charge < -0.3 is 14.9 Å². The van der Waals surface area contributed by atoms with Crippen molar-refractivity contribution in [2.24, 2.45) is 11.3 Å². The molecular weight excluding hydrogens is 208 g/mol. The van der Waals surface area contributed by atoms with Crippen LogP contribution in [0.4, 0.5) is 0 Å². The van der Waals surface area contributed by atoms with E-state index in [2.05, 4.69) is 6.92 Å². The molecule has 0 spiro atoms. The summed E-state index contributed by atoms with van der Waals surface area (Å²) in [5, 5.41) is 20.1. The minimum absolute atomic E-state index is 0.173. The Labute approximate surface area is 95.6 Å². The predicted octanol–water partition coefficient (Wildman–Crippen LogP) is 1.42. The Morgan fingerprint density at radius 2 is 2.19 bits per heavy atom. The third kappa shape index (κ3) is 1.64. The molecule has 4 nitrogen and oxygen atoms in total. The summed E-state index contributed by atoms with van der Waals surface area (Å²) >= 11 is 0. The topological polar surface area (TPSA) is 66.8 Å². The maximum absolute atomic E-state index is 11.6. The molecule has 0 aromatic heterocycles. The molecule has 92 valence electrons. The van der Waals surface area contributed by atoms with Crippen LogP contribution in [0.15, 0.2) is 0 Å². The van der Waals surface area contributed by atoms with Gasteiger partial charge in [-0.15, -0.1) is 0 Å². The monoisotopic (exact) mass is 228 g/mol. The maximum Gasteiger partial charge on any atom is 0.312 e. The Kier molecular flexibility index (Phi) is 2.97. The van der Waals surface area contributed by atoms with E-state index in [0.29, 0.717) is 31.8 Å². The molecule has 0 bridgehead atoms. The fraction of sp³-hybridized carbons (Fsp3) is 0.917. The van der Waals surface area contributed by atoms with Crippen LogP contribution in [0.5, 0.6) is 0 Å². The molecule has 3 unspecified atom stereocenters. The predicted molar refractivity (Wildman–Crippen MR) is 58.1 cm³/mol. The summed E-state index contributed by atoms with van der Waals surface area (Å²) in [4.78, 5) is 11.6. The molecule has 1 saturated carbocycles. The molecule has 1 saturated heterocycles. The molecule has 2 aliphatic rings. The van der Waals surface area contributed by atoms with Crippen molar-refractivity contribution in [1.29, 1.82) is 0 Å². The van der Waals surface area contributed by atoms with Crippen LogP contribution in [0.25, 0.3) is 0 Å². The molecule has 4 heteroatoms. The van der Waals surface area contributed by atoms with Crippen molar-refractivity contribution in [3.63, 3.8) is 0 Å². The van der Waals surface area contributed by atoms with Crippen LogP contribution in [0, 0.1) is 11.3 Å². The summed E-state index contributed by atoms with van der Waals surface area (Å²) in [6.45, 7) is 2.71. The van der Waals surface area contributed by atoms with Gasteiger partial charge in [-0.05, 0) is 18.8 Å². The number of carboxylic acid groups (broad SMARTS) is 1. The minimum atomic E-state index is -1.16. The van der Waals surface area contributed by atoms with Crippen LogP contribution < -0.4 is 0 Å². The summed E-state index contributed by atoms with van der Waals surface area (Å²) in [6.07, 6.45) is 3.54. The molecule has 16 heavy (non-hydrogen) atoms. The van der Waals surface area contributed by atoms with Crippen LogP contribution in [0.3, 0.4) is 0 Å². The van der Waals surface area contributed by atoms with Gasteiger partial charge in [-0.3, -0.25) is 4.79 Å². The smallest absolute Gasteiger partial charge is 0.312 e. The molecule has 1 aliphatic carbocycles. The summed E-state index contributed by atoms with van der Waals surface area (Å²) in [7, 11) is 0. The molecule has 3 atom stereocenters. The Balaban J connectivity index is 2.30. The number of hydrogen-bond donors (Lipinski definition) is 2. The highest BCUT2D eigenvalue weighted by atomic mass is 16.5. The zero-order valence-electron chi connectivity index (χ0n) is 9.74. The first-order valence-electron chi connectivity index (χ1n) is 6.04. The fourth-order valence-corrected chi connectivity index (χ4v) is 3.30. The molecule has 0 aromatic rings. The van der Waals surface area contributed by atoms with Gasteiger partial charge in [-0.25, -0.2) is 0 Å². The Morgan fingerprint density at radius 3 is 2.69 bits per heavy atom. The second-order valence-corrected chi connectivity index (χ2v) is 5.42. The van der Waals surface area contributed by atoms with Crippen molar-refractivity contribution in [2.45, 2.75) is 44.6 Å². The summed E-state index contributed by atoms with van der Waals surface area (Å²) in [5.74, 6) is -0.485. The molecule has 1 heterocycles. The van der Waals surface area contributed by atoms with Crippen molar-refractivity contribution in [2.75, 3.05) is 13.2 Å². The van der Waals surface area contributed by atoms with E-state index < -0.39 is 17.0 Å². The van der Waals surface area contributed by atoms with Crippen LogP contribution in [-0.2, 0) is 9.53 Å². The SMILES string of the molecule is CC1CCCC(C(=O)O)(C2(O)CCOC2)C1. The second kappa shape index (κ2) is 4.00. The Morgan fingerprint density at radius 1 is 1.44 bits per heavy atom. The molecule has 1 aliphatic heterocycles. The zero-order chi connectivity index (χ0) is 11.8. The summed E-state index contributed by atoms with van der Waals surface area (Å²) in [5.41, 5.74) is -2.14. The van der Waals surface area contributed by atoms with E-state index in [1.54, 1.807) is 0 Å². The van der Waals surface area contributed by atoms with Gasteiger partial charge in [0.15, 0.2) is 0 Å². The van der Waals surface area contributed by atoms with E-state index in [1.807, 2.05) is 0 Å². The number of hydrogen-bond acceptors (Lipinski definition) is 3. The zero-order valence-corrected chi connectivity index (χ0v) is 9.74. The lowest BCUT2D eigenvalue weighted by Gasteiger charge is -2.45. The van der Waals surface area contributed by atoms with Crippen LogP contribution in [0.2, 0.25) is 0 Å². The molecule has 0 radical (unpaired) electrons. The minimum Gasteiger partial charge on any atom is -0.481 e. The van der Waals surface area contributed by atoms with E-state index in [4.69, 9.17) is 4.74 Å². The number of carbonyl (C=O) groups is 1. The first-order valence-corrected chi connectivity index (χ1v) is 6.04. The van der Waals surface area contributed by atoms with Gasteiger partial charge in [0.1, 0.15) is 5.60 Å². The molecule has 2 fully saturated rings. The standard InChI is InChI=1S/C12H20O4/c1-9-3-2-4-11(7-9,10(13)14)12(15)5-6-16-8-12/h9,15H,2-8H2,1H3,(H,13,14). The van der Waals surface area contributed by atoms with Crippen molar-refractivity contribution in [1.82, 2.24) is 0 Å². The third-order valence-electron chi connectivity index (χ3n) is 4.30. The van der Waals surface area contributed by atoms with Crippen molar-refractivity contribution in [3.05, 3.63) is 0 Å². The van der Waals surface area contributed by atoms with Crippen molar-refractivity contribution >= 4 is 5.97 Å². The Hall–Kier alpha value is -0.610. The van der Waals surface area contributed by atoms with Crippen molar-refractivity contribution < 1.29 is 19.7 Å². The molecule has 2 rings (SSSR count). The highest BCUT2D eigenvalue weighted by molar-refractivity contribution is 5.76. The number of ether oxygens (including phenoxy) is 1. The quantitative estimate of drug-likeness (QED) is 0.750. The second-order valence-electron chi connectivity index (χ2n) is 5.42. The van der Waals surface area contributed by atoms with E-state index in [1.165, 1.54) is 0 Å².